The molecule has 0 aliphatic heterocycles. The number of fused-ring (bicyclic) bond motifs is 1. The molecule has 0 radical (unpaired) electrons. The van der Waals surface area contributed by atoms with Crippen molar-refractivity contribution in [2.24, 2.45) is 0 Å². The smallest absolute Gasteiger partial charge is 0.305 e. The van der Waals surface area contributed by atoms with E-state index in [-0.39, 0.29) is 5.97 Å². The number of esters is 1. The van der Waals surface area contributed by atoms with E-state index in [0.717, 1.165) is 35.4 Å². The van der Waals surface area contributed by atoms with Crippen LogP contribution in [0.4, 0.5) is 0 Å². The maximum Gasteiger partial charge on any atom is 0.305 e. The molecule has 2 rings (SSSR count). The number of benzene rings is 1. The highest BCUT2D eigenvalue weighted by molar-refractivity contribution is 5.88. The Kier molecular flexibility index (Phi) is 4.50. The van der Waals surface area contributed by atoms with Crippen LogP contribution in [0.3, 0.4) is 0 Å². The molecule has 0 atom stereocenters. The monoisotopic (exact) mass is 277 g/mol. The third-order valence-electron chi connectivity index (χ3n) is 3.29. The first-order valence-electron chi connectivity index (χ1n) is 6.47. The van der Waals surface area contributed by atoms with Crippen LogP contribution in [-0.4, -0.2) is 31.9 Å². The number of hydrogen-bond acceptors (Lipinski definition) is 4. The van der Waals surface area contributed by atoms with E-state index >= 15 is 0 Å². The van der Waals surface area contributed by atoms with Crippen molar-refractivity contribution in [3.8, 4) is 11.5 Å². The molecule has 1 heterocycles. The lowest BCUT2D eigenvalue weighted by molar-refractivity contribution is -0.140. The molecule has 0 bridgehead atoms. The Morgan fingerprint density at radius 3 is 2.65 bits per heavy atom. The van der Waals surface area contributed by atoms with Gasteiger partial charge in [-0.1, -0.05) is 0 Å². The SMILES string of the molecule is COC(=O)CCCn1ccc2c(OC)cc(OC)cc21. The molecule has 0 saturated carbocycles. The molecule has 0 amide bonds. The Labute approximate surface area is 118 Å². The largest absolute Gasteiger partial charge is 0.497 e. The molecular weight excluding hydrogens is 258 g/mol. The van der Waals surface area contributed by atoms with Crippen LogP contribution in [0.25, 0.3) is 10.9 Å². The van der Waals surface area contributed by atoms with Crippen molar-refractivity contribution in [2.45, 2.75) is 19.4 Å². The Balaban J connectivity index is 2.23. The standard InChI is InChI=1S/C15H19NO4/c1-18-11-9-13-12(14(10-11)19-2)6-8-16(13)7-4-5-15(17)20-3/h6,8-10H,4-5,7H2,1-3H3. The molecule has 1 aromatic carbocycles. The minimum atomic E-state index is -0.184. The number of nitrogens with zero attached hydrogens (tertiary/aromatic N) is 1. The molecule has 2 aromatic rings. The van der Waals surface area contributed by atoms with Crippen LogP contribution < -0.4 is 9.47 Å². The Morgan fingerprint density at radius 2 is 2.00 bits per heavy atom. The van der Waals surface area contributed by atoms with E-state index in [1.807, 2.05) is 24.4 Å². The van der Waals surface area contributed by atoms with Crippen LogP contribution in [0, 0.1) is 0 Å². The van der Waals surface area contributed by atoms with Gasteiger partial charge in [0.2, 0.25) is 0 Å². The second-order valence-corrected chi connectivity index (χ2v) is 4.45. The summed E-state index contributed by atoms with van der Waals surface area (Å²) in [6.45, 7) is 0.745. The molecule has 0 unspecified atom stereocenters. The highest BCUT2D eigenvalue weighted by atomic mass is 16.5. The average molecular weight is 277 g/mol. The minimum absolute atomic E-state index is 0.184. The van der Waals surface area contributed by atoms with E-state index in [2.05, 4.69) is 9.30 Å². The summed E-state index contributed by atoms with van der Waals surface area (Å²) in [4.78, 5) is 11.1. The number of aromatic nitrogens is 1. The Morgan fingerprint density at radius 1 is 1.20 bits per heavy atom. The third-order valence-corrected chi connectivity index (χ3v) is 3.29. The molecule has 0 spiro atoms. The first-order chi connectivity index (χ1) is 9.69. The lowest BCUT2D eigenvalue weighted by Gasteiger charge is -2.09. The number of carbonyl (C=O) groups excluding carboxylic acids is 1. The molecular formula is C15H19NO4. The van der Waals surface area contributed by atoms with E-state index < -0.39 is 0 Å². The van der Waals surface area contributed by atoms with Gasteiger partial charge < -0.3 is 18.8 Å². The van der Waals surface area contributed by atoms with Crippen LogP contribution in [0.1, 0.15) is 12.8 Å². The van der Waals surface area contributed by atoms with Gasteiger partial charge in [-0.15, -0.1) is 0 Å². The second-order valence-electron chi connectivity index (χ2n) is 4.45. The van der Waals surface area contributed by atoms with Crippen molar-refractivity contribution in [3.63, 3.8) is 0 Å². The summed E-state index contributed by atoms with van der Waals surface area (Å²) in [7, 11) is 4.68. The topological polar surface area (TPSA) is 49.7 Å². The summed E-state index contributed by atoms with van der Waals surface area (Å²) in [5.41, 5.74) is 1.03. The predicted molar refractivity (Wildman–Crippen MR) is 76.3 cm³/mol. The normalized spacial score (nSPS) is 10.6. The maximum absolute atomic E-state index is 11.1. The maximum atomic E-state index is 11.1. The van der Waals surface area contributed by atoms with Gasteiger partial charge in [0, 0.05) is 36.7 Å². The molecule has 0 aliphatic carbocycles. The average Bonchev–Trinajstić information content (AvgIpc) is 2.89. The van der Waals surface area contributed by atoms with E-state index in [0.29, 0.717) is 6.42 Å². The van der Waals surface area contributed by atoms with E-state index in [1.54, 1.807) is 14.2 Å². The van der Waals surface area contributed by atoms with Crippen LogP contribution in [0.15, 0.2) is 24.4 Å². The van der Waals surface area contributed by atoms with Crippen LogP contribution in [0.5, 0.6) is 11.5 Å². The fourth-order valence-corrected chi connectivity index (χ4v) is 2.21. The number of carbonyl (C=O) groups is 1. The van der Waals surface area contributed by atoms with E-state index in [1.165, 1.54) is 7.11 Å². The molecule has 108 valence electrons. The highest BCUT2D eigenvalue weighted by Crippen LogP contribution is 2.32. The first-order valence-corrected chi connectivity index (χ1v) is 6.47. The number of aryl methyl sites for hydroxylation is 1. The van der Waals surface area contributed by atoms with Gasteiger partial charge in [-0.05, 0) is 12.5 Å². The van der Waals surface area contributed by atoms with Gasteiger partial charge in [0.25, 0.3) is 0 Å². The molecule has 5 heteroatoms. The lowest BCUT2D eigenvalue weighted by Crippen LogP contribution is -2.03. The quantitative estimate of drug-likeness (QED) is 0.762. The summed E-state index contributed by atoms with van der Waals surface area (Å²) in [6.07, 6.45) is 3.14. The zero-order valence-corrected chi connectivity index (χ0v) is 12.0. The molecule has 5 nitrogen and oxygen atoms in total. The van der Waals surface area contributed by atoms with Crippen molar-refractivity contribution in [2.75, 3.05) is 21.3 Å². The van der Waals surface area contributed by atoms with Crippen molar-refractivity contribution < 1.29 is 19.0 Å². The van der Waals surface area contributed by atoms with Gasteiger partial charge in [0.15, 0.2) is 0 Å². The first kappa shape index (κ1) is 14.2. The zero-order valence-electron chi connectivity index (χ0n) is 12.0. The number of rotatable bonds is 6. The lowest BCUT2D eigenvalue weighted by atomic mass is 10.2. The van der Waals surface area contributed by atoms with E-state index in [9.17, 15) is 4.79 Å². The van der Waals surface area contributed by atoms with Crippen molar-refractivity contribution in [1.29, 1.82) is 0 Å². The van der Waals surface area contributed by atoms with Gasteiger partial charge in [-0.3, -0.25) is 4.79 Å². The number of hydrogen-bond donors (Lipinski definition) is 0. The minimum Gasteiger partial charge on any atom is -0.497 e. The molecule has 0 aliphatic rings. The van der Waals surface area contributed by atoms with Gasteiger partial charge in [-0.2, -0.15) is 0 Å². The number of ether oxygens (including phenoxy) is 3. The van der Waals surface area contributed by atoms with Gasteiger partial charge in [0.1, 0.15) is 11.5 Å². The Bertz CT molecular complexity index is 603. The predicted octanol–water partition coefficient (Wildman–Crippen LogP) is 2.61. The fourth-order valence-electron chi connectivity index (χ4n) is 2.21. The summed E-state index contributed by atoms with van der Waals surface area (Å²) >= 11 is 0. The highest BCUT2D eigenvalue weighted by Gasteiger charge is 2.09. The van der Waals surface area contributed by atoms with Gasteiger partial charge >= 0.3 is 5.97 Å². The second kappa shape index (κ2) is 6.32. The summed E-state index contributed by atoms with van der Waals surface area (Å²) in [5.74, 6) is 1.35. The van der Waals surface area contributed by atoms with Gasteiger partial charge in [-0.25, -0.2) is 0 Å². The van der Waals surface area contributed by atoms with Crippen molar-refractivity contribution in [3.05, 3.63) is 24.4 Å². The zero-order chi connectivity index (χ0) is 14.5. The molecule has 0 saturated heterocycles. The molecule has 0 fully saturated rings. The summed E-state index contributed by atoms with van der Waals surface area (Å²) in [5, 5.41) is 1.03. The van der Waals surface area contributed by atoms with E-state index in [4.69, 9.17) is 9.47 Å². The summed E-state index contributed by atoms with van der Waals surface area (Å²) in [6, 6.07) is 5.84. The summed E-state index contributed by atoms with van der Waals surface area (Å²) < 4.78 is 17.4. The van der Waals surface area contributed by atoms with Crippen molar-refractivity contribution >= 4 is 16.9 Å². The van der Waals surface area contributed by atoms with Crippen molar-refractivity contribution in [1.82, 2.24) is 4.57 Å². The molecule has 20 heavy (non-hydrogen) atoms. The van der Waals surface area contributed by atoms with Crippen LogP contribution in [-0.2, 0) is 16.1 Å². The van der Waals surface area contributed by atoms with Crippen LogP contribution >= 0.6 is 0 Å². The third kappa shape index (κ3) is 2.87. The molecule has 1 aromatic heterocycles. The van der Waals surface area contributed by atoms with Gasteiger partial charge in [0.05, 0.1) is 26.8 Å². The Hall–Kier alpha value is -2.17. The van der Waals surface area contributed by atoms with Crippen LogP contribution in [0.2, 0.25) is 0 Å². The number of methoxy groups -OCH3 is 3. The molecule has 0 N–H and O–H groups in total. The fraction of sp³-hybridized carbons (Fsp3) is 0.400.